The van der Waals surface area contributed by atoms with Crippen LogP contribution in [0.25, 0.3) is 0 Å². The second-order valence-corrected chi connectivity index (χ2v) is 9.26. The van der Waals surface area contributed by atoms with Gasteiger partial charge < -0.3 is 16.0 Å². The molecule has 3 saturated carbocycles. The average Bonchev–Trinajstić information content (AvgIpc) is 2.72. The Morgan fingerprint density at radius 3 is 2.73 bits per heavy atom. The van der Waals surface area contributed by atoms with E-state index in [1.165, 1.54) is 6.07 Å². The van der Waals surface area contributed by atoms with Crippen LogP contribution in [-0.2, 0) is 11.3 Å². The topological polar surface area (TPSA) is 70.2 Å². The molecule has 1 aliphatic heterocycles. The summed E-state index contributed by atoms with van der Waals surface area (Å²) in [5.74, 6) is -0.366. The van der Waals surface area contributed by atoms with Crippen molar-refractivity contribution in [2.75, 3.05) is 5.32 Å². The highest BCUT2D eigenvalue weighted by Crippen LogP contribution is 2.58. The van der Waals surface area contributed by atoms with Crippen molar-refractivity contribution in [1.29, 1.82) is 0 Å². The van der Waals surface area contributed by atoms with Crippen molar-refractivity contribution in [2.45, 2.75) is 44.8 Å². The summed E-state index contributed by atoms with van der Waals surface area (Å²) in [6.45, 7) is 2.34. The first-order chi connectivity index (χ1) is 14.4. The molecule has 2 aromatic carbocycles. The summed E-state index contributed by atoms with van der Waals surface area (Å²) in [7, 11) is 0. The van der Waals surface area contributed by atoms with Gasteiger partial charge in [-0.15, -0.1) is 0 Å². The highest BCUT2D eigenvalue weighted by molar-refractivity contribution is 6.02. The molecular formula is C24H26FN3O2. The number of nitrogens with one attached hydrogen (secondary N) is 3. The van der Waals surface area contributed by atoms with E-state index >= 15 is 0 Å². The molecule has 6 rings (SSSR count). The molecule has 3 aliphatic carbocycles. The van der Waals surface area contributed by atoms with E-state index in [0.29, 0.717) is 24.0 Å². The molecule has 0 aromatic heterocycles. The quantitative estimate of drug-likeness (QED) is 0.724. The number of hydrogen-bond donors (Lipinski definition) is 3. The normalized spacial score (nSPS) is 31.6. The molecule has 3 fully saturated rings. The second kappa shape index (κ2) is 6.83. The molecule has 2 amide bonds. The molecule has 5 nitrogen and oxygen atoms in total. The van der Waals surface area contributed by atoms with Gasteiger partial charge in [-0.05, 0) is 49.3 Å². The number of amides is 2. The fourth-order valence-electron chi connectivity index (χ4n) is 5.80. The van der Waals surface area contributed by atoms with Crippen LogP contribution in [0.4, 0.5) is 10.1 Å². The Hall–Kier alpha value is -2.89. The fourth-order valence-corrected chi connectivity index (χ4v) is 5.80. The lowest BCUT2D eigenvalue weighted by Crippen LogP contribution is -2.70. The Bertz CT molecular complexity index is 1030. The van der Waals surface area contributed by atoms with E-state index in [1.54, 1.807) is 18.2 Å². The van der Waals surface area contributed by atoms with E-state index in [0.717, 1.165) is 18.5 Å². The fraction of sp³-hybridized carbons (Fsp3) is 0.417. The van der Waals surface area contributed by atoms with Gasteiger partial charge in [0.2, 0.25) is 5.91 Å². The van der Waals surface area contributed by atoms with Crippen LogP contribution in [0.5, 0.6) is 0 Å². The van der Waals surface area contributed by atoms with Gasteiger partial charge in [0.1, 0.15) is 11.5 Å². The monoisotopic (exact) mass is 407 g/mol. The zero-order valence-electron chi connectivity index (χ0n) is 17.0. The molecule has 30 heavy (non-hydrogen) atoms. The maximum atomic E-state index is 13.9. The molecule has 156 valence electrons. The average molecular weight is 407 g/mol. The highest BCUT2D eigenvalue weighted by Gasteiger charge is 2.60. The molecule has 1 heterocycles. The third kappa shape index (κ3) is 2.97. The van der Waals surface area contributed by atoms with Crippen molar-refractivity contribution in [1.82, 2.24) is 10.6 Å². The molecule has 2 bridgehead atoms. The number of hydrogen-bond acceptors (Lipinski definition) is 3. The molecule has 0 saturated heterocycles. The van der Waals surface area contributed by atoms with Crippen LogP contribution in [0.15, 0.2) is 48.5 Å². The molecule has 4 atom stereocenters. The summed E-state index contributed by atoms with van der Waals surface area (Å²) < 4.78 is 13.9. The van der Waals surface area contributed by atoms with Gasteiger partial charge in [0, 0.05) is 29.6 Å². The number of halogens is 1. The lowest BCUT2D eigenvalue weighted by atomic mass is 9.51. The molecule has 4 aliphatic rings. The Morgan fingerprint density at radius 1 is 1.17 bits per heavy atom. The summed E-state index contributed by atoms with van der Waals surface area (Å²) in [6.07, 6.45) is 3.30. The van der Waals surface area contributed by atoms with Crippen molar-refractivity contribution in [3.8, 4) is 0 Å². The largest absolute Gasteiger partial charge is 0.362 e. The van der Waals surface area contributed by atoms with Gasteiger partial charge in [-0.25, -0.2) is 4.39 Å². The number of benzene rings is 2. The van der Waals surface area contributed by atoms with Crippen LogP contribution in [0, 0.1) is 23.1 Å². The number of carbonyl (C=O) groups is 2. The number of para-hydroxylation sites is 1. The first-order valence-electron chi connectivity index (χ1n) is 10.6. The summed E-state index contributed by atoms with van der Waals surface area (Å²) >= 11 is 0. The van der Waals surface area contributed by atoms with Crippen molar-refractivity contribution < 1.29 is 14.0 Å². The molecule has 1 spiro atoms. The summed E-state index contributed by atoms with van der Waals surface area (Å²) in [5, 5.41) is 9.80. The van der Waals surface area contributed by atoms with Crippen molar-refractivity contribution in [2.24, 2.45) is 17.3 Å². The van der Waals surface area contributed by atoms with E-state index in [9.17, 15) is 14.0 Å². The minimum absolute atomic E-state index is 0.0251. The number of fused-ring (bicyclic) bond motifs is 3. The smallest absolute Gasteiger partial charge is 0.255 e. The van der Waals surface area contributed by atoms with Gasteiger partial charge in [-0.3, -0.25) is 9.59 Å². The maximum Gasteiger partial charge on any atom is 0.255 e. The van der Waals surface area contributed by atoms with Crippen molar-refractivity contribution >= 4 is 17.5 Å². The van der Waals surface area contributed by atoms with E-state index in [1.807, 2.05) is 24.3 Å². The van der Waals surface area contributed by atoms with Crippen LogP contribution in [0.3, 0.4) is 0 Å². The van der Waals surface area contributed by atoms with Crippen LogP contribution in [0.2, 0.25) is 0 Å². The summed E-state index contributed by atoms with van der Waals surface area (Å²) in [6, 6.07) is 14.1. The van der Waals surface area contributed by atoms with Gasteiger partial charge >= 0.3 is 0 Å². The Morgan fingerprint density at radius 2 is 1.93 bits per heavy atom. The molecule has 6 heteroatoms. The zero-order chi connectivity index (χ0) is 20.9. The Labute approximate surface area is 175 Å². The predicted octanol–water partition coefficient (Wildman–Crippen LogP) is 3.82. The number of rotatable bonds is 3. The SMILES string of the molecule is C[C@@]12CC[C@@H](C[C@H]1C(=O)NCc1ccccc1F)[C@]1(C2)NC(=O)c2ccccc2N1. The van der Waals surface area contributed by atoms with Gasteiger partial charge in [-0.2, -0.15) is 0 Å². The first-order valence-corrected chi connectivity index (χ1v) is 10.6. The zero-order valence-corrected chi connectivity index (χ0v) is 17.0. The highest BCUT2D eigenvalue weighted by atomic mass is 19.1. The standard InChI is InChI=1S/C24H26FN3O2/c1-23-11-10-16(12-18(23)22(30)26-13-15-6-2-4-8-19(15)25)24(14-23)27-20-9-5-3-7-17(20)21(29)28-24/h2-9,16,18,27H,10-14H2,1H3,(H,26,30)(H,28,29)/t16-,18-,23-,24-/m0/s1. The second-order valence-electron chi connectivity index (χ2n) is 9.26. The molecule has 3 N–H and O–H groups in total. The van der Waals surface area contributed by atoms with E-state index < -0.39 is 5.66 Å². The third-order valence-electron chi connectivity index (χ3n) is 7.40. The van der Waals surface area contributed by atoms with Crippen molar-refractivity contribution in [3.05, 3.63) is 65.5 Å². The van der Waals surface area contributed by atoms with Crippen LogP contribution >= 0.6 is 0 Å². The Kier molecular flexibility index (Phi) is 4.34. The lowest BCUT2D eigenvalue weighted by molar-refractivity contribution is -0.139. The van der Waals surface area contributed by atoms with E-state index in [-0.39, 0.29) is 41.4 Å². The van der Waals surface area contributed by atoms with Crippen LogP contribution < -0.4 is 16.0 Å². The molecule has 2 aromatic rings. The minimum Gasteiger partial charge on any atom is -0.362 e. The van der Waals surface area contributed by atoms with E-state index in [2.05, 4.69) is 22.9 Å². The molecule has 0 unspecified atom stereocenters. The van der Waals surface area contributed by atoms with Gasteiger partial charge in [-0.1, -0.05) is 37.3 Å². The van der Waals surface area contributed by atoms with Crippen molar-refractivity contribution in [3.63, 3.8) is 0 Å². The van der Waals surface area contributed by atoms with Gasteiger partial charge in [0.25, 0.3) is 5.91 Å². The maximum absolute atomic E-state index is 13.9. The summed E-state index contributed by atoms with van der Waals surface area (Å²) in [4.78, 5) is 25.9. The molecular weight excluding hydrogens is 381 g/mol. The third-order valence-corrected chi connectivity index (χ3v) is 7.40. The van der Waals surface area contributed by atoms with E-state index in [4.69, 9.17) is 0 Å². The van der Waals surface area contributed by atoms with Crippen LogP contribution in [-0.4, -0.2) is 17.5 Å². The van der Waals surface area contributed by atoms with Gasteiger partial charge in [0.05, 0.1) is 5.56 Å². The predicted molar refractivity (Wildman–Crippen MR) is 112 cm³/mol. The van der Waals surface area contributed by atoms with Crippen LogP contribution in [0.1, 0.15) is 48.5 Å². The lowest BCUT2D eigenvalue weighted by Gasteiger charge is -2.60. The number of anilines is 1. The Balaban J connectivity index is 1.35. The summed E-state index contributed by atoms with van der Waals surface area (Å²) in [5.41, 5.74) is 1.26. The number of carbonyl (C=O) groups excluding carboxylic acids is 2. The first kappa shape index (κ1) is 19.1. The minimum atomic E-state index is -0.513. The van der Waals surface area contributed by atoms with Gasteiger partial charge in [0.15, 0.2) is 0 Å². The molecule has 0 radical (unpaired) electrons.